The van der Waals surface area contributed by atoms with E-state index in [0.29, 0.717) is 0 Å². The molecule has 0 aromatic heterocycles. The van der Waals surface area contributed by atoms with Gasteiger partial charge in [-0.3, -0.25) is 4.79 Å². The Bertz CT molecular complexity index is 1090. The summed E-state index contributed by atoms with van der Waals surface area (Å²) < 4.78 is 43.6. The molecule has 1 aliphatic heterocycles. The minimum atomic E-state index is -3.66. The zero-order valence-corrected chi connectivity index (χ0v) is 15.6. The zero-order valence-electron chi connectivity index (χ0n) is 14.8. The number of sulfonamides is 1. The third-order valence-electron chi connectivity index (χ3n) is 3.94. The van der Waals surface area contributed by atoms with E-state index in [1.807, 2.05) is 0 Å². The van der Waals surface area contributed by atoms with E-state index < -0.39 is 33.6 Å². The average molecular weight is 406 g/mol. The highest BCUT2D eigenvalue weighted by molar-refractivity contribution is 7.89. The quantitative estimate of drug-likeness (QED) is 0.782. The zero-order chi connectivity index (χ0) is 20.6. The Kier molecular flexibility index (Phi) is 4.92. The highest BCUT2D eigenvalue weighted by Crippen LogP contribution is 2.28. The lowest BCUT2D eigenvalue weighted by atomic mass is 10.2. The molecule has 0 aliphatic carbocycles. The van der Waals surface area contributed by atoms with Crippen LogP contribution in [0.3, 0.4) is 0 Å². The summed E-state index contributed by atoms with van der Waals surface area (Å²) in [5.74, 6) is -2.56. The number of anilines is 1. The van der Waals surface area contributed by atoms with Gasteiger partial charge in [-0.15, -0.1) is 0 Å². The molecule has 3 rings (SSSR count). The van der Waals surface area contributed by atoms with Crippen molar-refractivity contribution in [3.63, 3.8) is 0 Å². The molecule has 0 spiro atoms. The van der Waals surface area contributed by atoms with Crippen LogP contribution in [0.2, 0.25) is 0 Å². The molecule has 0 unspecified atom stereocenters. The van der Waals surface area contributed by atoms with Crippen molar-refractivity contribution in [2.24, 2.45) is 0 Å². The number of carbonyl (C=O) groups excluding carboxylic acids is 2. The van der Waals surface area contributed by atoms with Crippen LogP contribution in [0.1, 0.15) is 5.56 Å². The molecule has 0 atom stereocenters. The highest BCUT2D eigenvalue weighted by atomic mass is 32.2. The monoisotopic (exact) mass is 406 g/mol. The standard InChI is InChI=1S/C18H15FN2O6S/c1-20(2)28(25,26)13-6-4-12(5-7-13)21-17(23)16(27-18(21)24)10-11-3-8-15(22)14(19)9-11/h3-10,22H,1-2H3. The van der Waals surface area contributed by atoms with E-state index in [2.05, 4.69) is 0 Å². The van der Waals surface area contributed by atoms with Crippen molar-refractivity contribution in [2.75, 3.05) is 19.0 Å². The molecule has 1 N–H and O–H groups in total. The molecular formula is C18H15FN2O6S. The lowest BCUT2D eigenvalue weighted by molar-refractivity contribution is -0.114. The summed E-state index contributed by atoms with van der Waals surface area (Å²) in [4.78, 5) is 25.3. The predicted molar refractivity (Wildman–Crippen MR) is 97.3 cm³/mol. The molecule has 2 aromatic carbocycles. The smallest absolute Gasteiger partial charge is 0.427 e. The van der Waals surface area contributed by atoms with Gasteiger partial charge in [0.05, 0.1) is 10.6 Å². The minimum Gasteiger partial charge on any atom is -0.505 e. The highest BCUT2D eigenvalue weighted by Gasteiger charge is 2.38. The number of hydrogen-bond donors (Lipinski definition) is 1. The summed E-state index contributed by atoms with van der Waals surface area (Å²) in [6.45, 7) is 0. The van der Waals surface area contributed by atoms with Crippen LogP contribution >= 0.6 is 0 Å². The van der Waals surface area contributed by atoms with Crippen LogP contribution in [0.4, 0.5) is 14.9 Å². The molecule has 28 heavy (non-hydrogen) atoms. The van der Waals surface area contributed by atoms with Crippen molar-refractivity contribution in [1.82, 2.24) is 4.31 Å². The number of phenols is 1. The molecule has 1 heterocycles. The number of hydrogen-bond acceptors (Lipinski definition) is 6. The number of ether oxygens (including phenoxy) is 1. The van der Waals surface area contributed by atoms with Crippen molar-refractivity contribution < 1.29 is 32.2 Å². The first-order valence-electron chi connectivity index (χ1n) is 7.90. The second-order valence-corrected chi connectivity index (χ2v) is 8.16. The third kappa shape index (κ3) is 3.47. The van der Waals surface area contributed by atoms with E-state index in [-0.39, 0.29) is 21.9 Å². The maximum absolute atomic E-state index is 13.4. The Morgan fingerprint density at radius 3 is 2.32 bits per heavy atom. The number of halogens is 1. The van der Waals surface area contributed by atoms with Crippen LogP contribution < -0.4 is 4.90 Å². The van der Waals surface area contributed by atoms with Gasteiger partial charge in [-0.25, -0.2) is 26.8 Å². The molecule has 0 bridgehead atoms. The fourth-order valence-electron chi connectivity index (χ4n) is 2.43. The SMILES string of the molecule is CN(C)S(=O)(=O)c1ccc(N2C(=O)OC(=Cc3ccc(O)c(F)c3)C2=O)cc1. The van der Waals surface area contributed by atoms with E-state index in [0.717, 1.165) is 27.4 Å². The number of carbonyl (C=O) groups is 2. The van der Waals surface area contributed by atoms with Gasteiger partial charge >= 0.3 is 12.0 Å². The maximum atomic E-state index is 13.4. The third-order valence-corrected chi connectivity index (χ3v) is 5.77. The molecule has 1 fully saturated rings. The van der Waals surface area contributed by atoms with Crippen molar-refractivity contribution in [1.29, 1.82) is 0 Å². The Morgan fingerprint density at radius 1 is 1.11 bits per heavy atom. The van der Waals surface area contributed by atoms with Crippen LogP contribution in [-0.4, -0.2) is 43.9 Å². The van der Waals surface area contributed by atoms with Crippen LogP contribution in [0.15, 0.2) is 53.1 Å². The number of cyclic esters (lactones) is 1. The average Bonchev–Trinajstić information content (AvgIpc) is 2.91. The summed E-state index contributed by atoms with van der Waals surface area (Å²) in [7, 11) is -0.891. The van der Waals surface area contributed by atoms with Gasteiger partial charge in [0.1, 0.15) is 0 Å². The molecule has 1 aliphatic rings. The van der Waals surface area contributed by atoms with Gasteiger partial charge in [0.2, 0.25) is 10.0 Å². The van der Waals surface area contributed by atoms with Gasteiger partial charge in [0.15, 0.2) is 17.3 Å². The fraction of sp³-hybridized carbons (Fsp3) is 0.111. The molecule has 2 amide bonds. The van der Waals surface area contributed by atoms with Crippen LogP contribution in [-0.2, 0) is 19.6 Å². The van der Waals surface area contributed by atoms with Crippen LogP contribution in [0.25, 0.3) is 6.08 Å². The summed E-state index contributed by atoms with van der Waals surface area (Å²) in [5, 5.41) is 9.20. The van der Waals surface area contributed by atoms with Crippen molar-refractivity contribution >= 4 is 33.8 Å². The van der Waals surface area contributed by atoms with E-state index >= 15 is 0 Å². The number of rotatable bonds is 4. The summed E-state index contributed by atoms with van der Waals surface area (Å²) in [6, 6.07) is 8.57. The molecule has 146 valence electrons. The largest absolute Gasteiger partial charge is 0.505 e. The predicted octanol–water partition coefficient (Wildman–Crippen LogP) is 2.31. The molecular weight excluding hydrogens is 391 g/mol. The number of amides is 2. The molecule has 1 saturated heterocycles. The van der Waals surface area contributed by atoms with Gasteiger partial charge in [0.25, 0.3) is 0 Å². The van der Waals surface area contributed by atoms with Gasteiger partial charge in [-0.1, -0.05) is 6.07 Å². The number of benzene rings is 2. The second kappa shape index (κ2) is 7.06. The van der Waals surface area contributed by atoms with Crippen molar-refractivity contribution in [3.8, 4) is 5.75 Å². The van der Waals surface area contributed by atoms with E-state index in [4.69, 9.17) is 4.74 Å². The molecule has 0 saturated carbocycles. The lowest BCUT2D eigenvalue weighted by Crippen LogP contribution is -2.28. The molecule has 2 aromatic rings. The van der Waals surface area contributed by atoms with E-state index in [1.165, 1.54) is 44.4 Å². The first kappa shape index (κ1) is 19.5. The van der Waals surface area contributed by atoms with Gasteiger partial charge in [0, 0.05) is 14.1 Å². The van der Waals surface area contributed by atoms with Gasteiger partial charge in [-0.05, 0) is 48.0 Å². The topological polar surface area (TPSA) is 104 Å². The summed E-state index contributed by atoms with van der Waals surface area (Å²) in [6.07, 6.45) is 0.187. The minimum absolute atomic E-state index is 0.00315. The number of imide groups is 1. The second-order valence-electron chi connectivity index (χ2n) is 6.01. The van der Waals surface area contributed by atoms with Crippen molar-refractivity contribution in [2.45, 2.75) is 4.90 Å². The number of phenolic OH excluding ortho intramolecular Hbond substituents is 1. The molecule has 10 heteroatoms. The Balaban J connectivity index is 1.90. The maximum Gasteiger partial charge on any atom is 0.427 e. The summed E-state index contributed by atoms with van der Waals surface area (Å²) >= 11 is 0. The number of nitrogens with zero attached hydrogens (tertiary/aromatic N) is 2. The van der Waals surface area contributed by atoms with E-state index in [9.17, 15) is 27.5 Å². The molecule has 0 radical (unpaired) electrons. The summed E-state index contributed by atoms with van der Waals surface area (Å²) in [5.41, 5.74) is 0.328. The first-order chi connectivity index (χ1) is 13.1. The van der Waals surface area contributed by atoms with Gasteiger partial charge < -0.3 is 9.84 Å². The Morgan fingerprint density at radius 2 is 1.75 bits per heavy atom. The van der Waals surface area contributed by atoms with Gasteiger partial charge in [-0.2, -0.15) is 0 Å². The number of aromatic hydroxyl groups is 1. The van der Waals surface area contributed by atoms with Crippen LogP contribution in [0.5, 0.6) is 5.75 Å². The lowest BCUT2D eigenvalue weighted by Gasteiger charge is -2.13. The molecule has 8 nitrogen and oxygen atoms in total. The Hall–Kier alpha value is -3.24. The Labute approximate surface area is 160 Å². The van der Waals surface area contributed by atoms with Crippen molar-refractivity contribution in [3.05, 3.63) is 59.6 Å². The van der Waals surface area contributed by atoms with E-state index in [1.54, 1.807) is 0 Å². The fourth-order valence-corrected chi connectivity index (χ4v) is 3.33. The first-order valence-corrected chi connectivity index (χ1v) is 9.34. The normalized spacial score (nSPS) is 16.1. The van der Waals surface area contributed by atoms with Crippen LogP contribution in [0, 0.1) is 5.82 Å².